The molecule has 5 nitrogen and oxygen atoms in total. The van der Waals surface area contributed by atoms with Crippen LogP contribution >= 0.6 is 0 Å². The molecule has 0 aromatic heterocycles. The van der Waals surface area contributed by atoms with Gasteiger partial charge in [0.2, 0.25) is 0 Å². The molecule has 0 fully saturated rings. The van der Waals surface area contributed by atoms with Gasteiger partial charge in [-0.3, -0.25) is 0 Å². The Morgan fingerprint density at radius 2 is 1.26 bits per heavy atom. The fourth-order valence-electron chi connectivity index (χ4n) is 2.13. The van der Waals surface area contributed by atoms with E-state index in [-0.39, 0.29) is 6.42 Å². The van der Waals surface area contributed by atoms with Crippen molar-refractivity contribution < 1.29 is 25.2 Å². The second kappa shape index (κ2) is 14.2. The summed E-state index contributed by atoms with van der Waals surface area (Å²) in [7, 11) is 0. The molecule has 0 aliphatic heterocycles. The molecule has 0 saturated heterocycles. The Kier molecular flexibility index (Phi) is 13.3. The Balaban J connectivity index is 3.29. The second-order valence-electron chi connectivity index (χ2n) is 5.65. The summed E-state index contributed by atoms with van der Waals surface area (Å²) in [6.45, 7) is 0. The summed E-state index contributed by atoms with van der Waals surface area (Å²) in [6.07, 6.45) is 19.6. The van der Waals surface area contributed by atoms with Crippen molar-refractivity contribution in [2.75, 3.05) is 0 Å². The first-order valence-corrected chi connectivity index (χ1v) is 8.32. The molecule has 0 amide bonds. The van der Waals surface area contributed by atoms with Gasteiger partial charge in [-0.25, -0.2) is 4.79 Å². The number of hydrogen-bond donors (Lipinski definition) is 4. The first kappa shape index (κ1) is 21.6. The molecule has 0 rings (SSSR count). The molecular formula is C18H30O5. The fraction of sp³-hybridized carbons (Fsp3) is 0.611. The monoisotopic (exact) mass is 326 g/mol. The molecule has 0 saturated carbocycles. The van der Waals surface area contributed by atoms with Gasteiger partial charge in [-0.05, 0) is 19.3 Å². The average molecular weight is 326 g/mol. The van der Waals surface area contributed by atoms with Crippen LogP contribution < -0.4 is 0 Å². The Hall–Kier alpha value is -1.43. The molecule has 23 heavy (non-hydrogen) atoms. The van der Waals surface area contributed by atoms with E-state index in [0.29, 0.717) is 6.42 Å². The van der Waals surface area contributed by atoms with Crippen molar-refractivity contribution in [3.05, 3.63) is 36.5 Å². The Labute approximate surface area is 138 Å². The van der Waals surface area contributed by atoms with Crippen LogP contribution in [0.2, 0.25) is 0 Å². The molecule has 0 bridgehead atoms. The quantitative estimate of drug-likeness (QED) is 0.170. The third-order valence-electron chi connectivity index (χ3n) is 3.34. The van der Waals surface area contributed by atoms with Crippen molar-refractivity contribution in [1.29, 1.82) is 0 Å². The summed E-state index contributed by atoms with van der Waals surface area (Å²) >= 11 is 0. The molecule has 132 valence electrons. The topological polar surface area (TPSA) is 98.0 Å². The molecule has 4 N–H and O–H groups in total. The van der Waals surface area contributed by atoms with Gasteiger partial charge >= 0.3 is 5.97 Å². The van der Waals surface area contributed by atoms with Gasteiger partial charge in [-0.15, -0.1) is 0 Å². The minimum absolute atomic E-state index is 0.0138. The molecule has 0 heterocycles. The van der Waals surface area contributed by atoms with E-state index in [9.17, 15) is 4.79 Å². The number of carboxylic acid groups (broad SMARTS) is 1. The Morgan fingerprint density at radius 3 is 1.83 bits per heavy atom. The molecule has 0 unspecified atom stereocenters. The summed E-state index contributed by atoms with van der Waals surface area (Å²) in [5, 5.41) is 34.5. The SMILES string of the molecule is O=C(O)C=CC=CC=CCCCCCCCCCCC(O)(O)O. The summed E-state index contributed by atoms with van der Waals surface area (Å²) < 4.78 is 0. The molecule has 0 aromatic rings. The van der Waals surface area contributed by atoms with Gasteiger partial charge in [-0.1, -0.05) is 68.9 Å². The van der Waals surface area contributed by atoms with E-state index in [2.05, 4.69) is 6.08 Å². The van der Waals surface area contributed by atoms with Crippen LogP contribution in [0.25, 0.3) is 0 Å². The summed E-state index contributed by atoms with van der Waals surface area (Å²) in [6, 6.07) is 0. The molecule has 0 atom stereocenters. The van der Waals surface area contributed by atoms with E-state index in [0.717, 1.165) is 38.2 Å². The lowest BCUT2D eigenvalue weighted by molar-refractivity contribution is -0.315. The number of aliphatic hydroxyl groups is 3. The van der Waals surface area contributed by atoms with Crippen molar-refractivity contribution in [3.8, 4) is 0 Å². The minimum atomic E-state index is -2.50. The highest BCUT2D eigenvalue weighted by atomic mass is 16.7. The Bertz CT molecular complexity index is 377. The summed E-state index contributed by atoms with van der Waals surface area (Å²) in [5.74, 6) is -3.45. The van der Waals surface area contributed by atoms with Crippen LogP contribution in [0.3, 0.4) is 0 Å². The lowest BCUT2D eigenvalue weighted by Gasteiger charge is -2.12. The third-order valence-corrected chi connectivity index (χ3v) is 3.34. The normalized spacial score (nSPS) is 12.8. The molecule has 0 radical (unpaired) electrons. The molecule has 5 heteroatoms. The van der Waals surface area contributed by atoms with E-state index in [1.807, 2.05) is 12.2 Å². The van der Waals surface area contributed by atoms with Crippen LogP contribution in [0.15, 0.2) is 36.5 Å². The van der Waals surface area contributed by atoms with Crippen LogP contribution in [-0.2, 0) is 4.79 Å². The maximum Gasteiger partial charge on any atom is 0.328 e. The maximum atomic E-state index is 10.2. The third kappa shape index (κ3) is 20.6. The number of unbranched alkanes of at least 4 members (excludes halogenated alkanes) is 8. The van der Waals surface area contributed by atoms with Crippen molar-refractivity contribution in [2.45, 2.75) is 70.2 Å². The van der Waals surface area contributed by atoms with E-state index < -0.39 is 11.9 Å². The lowest BCUT2D eigenvalue weighted by atomic mass is 10.1. The lowest BCUT2D eigenvalue weighted by Crippen LogP contribution is -2.26. The first-order chi connectivity index (χ1) is 10.9. The molecular weight excluding hydrogens is 296 g/mol. The number of carboxylic acids is 1. The van der Waals surface area contributed by atoms with Gasteiger partial charge in [0.1, 0.15) is 0 Å². The van der Waals surface area contributed by atoms with E-state index in [1.54, 1.807) is 6.08 Å². The minimum Gasteiger partial charge on any atom is -0.478 e. The molecule has 0 aromatic carbocycles. The van der Waals surface area contributed by atoms with Gasteiger partial charge in [0.15, 0.2) is 0 Å². The van der Waals surface area contributed by atoms with Crippen molar-refractivity contribution >= 4 is 5.97 Å². The molecule has 0 aliphatic rings. The number of allylic oxidation sites excluding steroid dienone is 5. The van der Waals surface area contributed by atoms with Crippen molar-refractivity contribution in [3.63, 3.8) is 0 Å². The fourth-order valence-corrected chi connectivity index (χ4v) is 2.13. The van der Waals surface area contributed by atoms with Crippen molar-refractivity contribution in [2.24, 2.45) is 0 Å². The predicted octanol–water partition coefficient (Wildman–Crippen LogP) is 3.27. The first-order valence-electron chi connectivity index (χ1n) is 8.32. The Morgan fingerprint density at radius 1 is 0.739 bits per heavy atom. The highest BCUT2D eigenvalue weighted by Crippen LogP contribution is 2.13. The number of hydrogen-bond acceptors (Lipinski definition) is 4. The van der Waals surface area contributed by atoms with Crippen LogP contribution in [0.4, 0.5) is 0 Å². The smallest absolute Gasteiger partial charge is 0.328 e. The molecule has 0 spiro atoms. The van der Waals surface area contributed by atoms with Crippen molar-refractivity contribution in [1.82, 2.24) is 0 Å². The van der Waals surface area contributed by atoms with Crippen LogP contribution in [-0.4, -0.2) is 32.4 Å². The van der Waals surface area contributed by atoms with Gasteiger partial charge in [0, 0.05) is 12.5 Å². The number of rotatable bonds is 14. The highest BCUT2D eigenvalue weighted by molar-refractivity contribution is 5.80. The highest BCUT2D eigenvalue weighted by Gasteiger charge is 2.16. The zero-order chi connectivity index (χ0) is 17.4. The predicted molar refractivity (Wildman–Crippen MR) is 90.6 cm³/mol. The number of carbonyl (C=O) groups is 1. The van der Waals surface area contributed by atoms with Gasteiger partial charge in [0.05, 0.1) is 0 Å². The van der Waals surface area contributed by atoms with Gasteiger partial charge in [0.25, 0.3) is 5.97 Å². The average Bonchev–Trinajstić information content (AvgIpc) is 2.45. The zero-order valence-corrected chi connectivity index (χ0v) is 13.7. The van der Waals surface area contributed by atoms with E-state index in [1.165, 1.54) is 25.3 Å². The number of aliphatic carboxylic acids is 1. The maximum absolute atomic E-state index is 10.2. The zero-order valence-electron chi connectivity index (χ0n) is 13.7. The van der Waals surface area contributed by atoms with Gasteiger partial charge < -0.3 is 20.4 Å². The molecule has 0 aliphatic carbocycles. The standard InChI is InChI=1S/C18H30O5/c19-17(20)15-13-11-9-7-5-3-1-2-4-6-8-10-12-14-16-18(21,22)23/h5,7,9,11,13,15,21-23H,1-4,6,8,10,12,14,16H2,(H,19,20). The van der Waals surface area contributed by atoms with E-state index >= 15 is 0 Å². The summed E-state index contributed by atoms with van der Waals surface area (Å²) in [4.78, 5) is 10.2. The van der Waals surface area contributed by atoms with Crippen LogP contribution in [0, 0.1) is 0 Å². The second-order valence-corrected chi connectivity index (χ2v) is 5.65. The summed E-state index contributed by atoms with van der Waals surface area (Å²) in [5.41, 5.74) is 0. The van der Waals surface area contributed by atoms with Gasteiger partial charge in [-0.2, -0.15) is 0 Å². The van der Waals surface area contributed by atoms with Crippen LogP contribution in [0.5, 0.6) is 0 Å². The van der Waals surface area contributed by atoms with Crippen LogP contribution in [0.1, 0.15) is 64.2 Å². The van der Waals surface area contributed by atoms with E-state index in [4.69, 9.17) is 20.4 Å². The largest absolute Gasteiger partial charge is 0.478 e.